The molecule has 1 atom stereocenters. The third-order valence-corrected chi connectivity index (χ3v) is 2.01. The van der Waals surface area contributed by atoms with Crippen LogP contribution in [0.25, 0.3) is 0 Å². The molecule has 68 valence electrons. The minimum atomic E-state index is 0.0173. The monoisotopic (exact) mass is 159 g/mol. The lowest BCUT2D eigenvalue weighted by Crippen LogP contribution is -2.28. The van der Waals surface area contributed by atoms with Crippen LogP contribution < -0.4 is 5.73 Å². The fourth-order valence-corrected chi connectivity index (χ4v) is 0.538. The quantitative estimate of drug-likeness (QED) is 0.663. The smallest absolute Gasteiger partial charge is 0.0624 e. The molecule has 2 heteroatoms. The Kier molecular flexibility index (Phi) is 4.69. The van der Waals surface area contributed by atoms with E-state index in [2.05, 4.69) is 27.7 Å². The Morgan fingerprint density at radius 3 is 2.36 bits per heavy atom. The zero-order chi connectivity index (χ0) is 8.91. The summed E-state index contributed by atoms with van der Waals surface area (Å²) in [6.07, 6.45) is 1.05. The van der Waals surface area contributed by atoms with E-state index in [-0.39, 0.29) is 5.60 Å². The molecule has 0 saturated heterocycles. The summed E-state index contributed by atoms with van der Waals surface area (Å²) in [5.41, 5.74) is 5.48. The Labute approximate surface area is 70.1 Å². The van der Waals surface area contributed by atoms with Crippen molar-refractivity contribution in [3.05, 3.63) is 0 Å². The molecule has 1 unspecified atom stereocenters. The number of rotatable bonds is 5. The van der Waals surface area contributed by atoms with Crippen molar-refractivity contribution in [2.75, 3.05) is 13.2 Å². The van der Waals surface area contributed by atoms with Crippen LogP contribution in [0.15, 0.2) is 0 Å². The van der Waals surface area contributed by atoms with E-state index in [1.54, 1.807) is 0 Å². The van der Waals surface area contributed by atoms with Crippen LogP contribution in [-0.2, 0) is 4.74 Å². The average Bonchev–Trinajstić information content (AvgIpc) is 2.00. The lowest BCUT2D eigenvalue weighted by Gasteiger charge is -2.25. The van der Waals surface area contributed by atoms with Crippen LogP contribution in [0.1, 0.15) is 34.1 Å². The van der Waals surface area contributed by atoms with Crippen molar-refractivity contribution in [2.24, 2.45) is 11.7 Å². The molecule has 0 aromatic carbocycles. The van der Waals surface area contributed by atoms with Crippen LogP contribution in [0.4, 0.5) is 0 Å². The van der Waals surface area contributed by atoms with Gasteiger partial charge in [-0.3, -0.25) is 0 Å². The molecule has 0 aromatic heterocycles. The summed E-state index contributed by atoms with van der Waals surface area (Å²) in [5, 5.41) is 0. The van der Waals surface area contributed by atoms with E-state index in [9.17, 15) is 0 Å². The Hall–Kier alpha value is -0.0800. The summed E-state index contributed by atoms with van der Waals surface area (Å²) in [4.78, 5) is 0. The number of ether oxygens (including phenoxy) is 1. The fourth-order valence-electron chi connectivity index (χ4n) is 0.538. The van der Waals surface area contributed by atoms with Gasteiger partial charge in [0.25, 0.3) is 0 Å². The molecule has 0 saturated carbocycles. The molecule has 0 aliphatic carbocycles. The average molecular weight is 159 g/mol. The maximum Gasteiger partial charge on any atom is 0.0624 e. The van der Waals surface area contributed by atoms with Gasteiger partial charge in [0.2, 0.25) is 0 Å². The number of hydrogen-bond acceptors (Lipinski definition) is 2. The molecule has 2 nitrogen and oxygen atoms in total. The van der Waals surface area contributed by atoms with E-state index < -0.39 is 0 Å². The second-order valence-electron chi connectivity index (χ2n) is 3.77. The van der Waals surface area contributed by atoms with Gasteiger partial charge in [0.15, 0.2) is 0 Å². The molecule has 0 amide bonds. The predicted molar refractivity (Wildman–Crippen MR) is 48.5 cm³/mol. The zero-order valence-electron chi connectivity index (χ0n) is 8.18. The summed E-state index contributed by atoms with van der Waals surface area (Å²) >= 11 is 0. The zero-order valence-corrected chi connectivity index (χ0v) is 8.18. The van der Waals surface area contributed by atoms with Gasteiger partial charge in [-0.1, -0.05) is 13.8 Å². The molecule has 0 aromatic rings. The van der Waals surface area contributed by atoms with Crippen molar-refractivity contribution in [3.63, 3.8) is 0 Å². The molecular weight excluding hydrogens is 138 g/mol. The van der Waals surface area contributed by atoms with Gasteiger partial charge in [0, 0.05) is 0 Å². The van der Waals surface area contributed by atoms with E-state index in [1.165, 1.54) is 0 Å². The maximum atomic E-state index is 5.65. The van der Waals surface area contributed by atoms with Gasteiger partial charge in [0.1, 0.15) is 0 Å². The van der Waals surface area contributed by atoms with E-state index in [0.29, 0.717) is 12.5 Å². The first-order valence-electron chi connectivity index (χ1n) is 4.36. The van der Waals surface area contributed by atoms with Crippen molar-refractivity contribution in [1.82, 2.24) is 0 Å². The van der Waals surface area contributed by atoms with Crippen LogP contribution in [0.2, 0.25) is 0 Å². The van der Waals surface area contributed by atoms with Crippen LogP contribution in [0.3, 0.4) is 0 Å². The van der Waals surface area contributed by atoms with Crippen molar-refractivity contribution < 1.29 is 4.74 Å². The van der Waals surface area contributed by atoms with Gasteiger partial charge < -0.3 is 10.5 Å². The standard InChI is InChI=1S/C9H21NO/c1-5-9(3,4)11-7-8(2)6-10/h8H,5-7,10H2,1-4H3. The summed E-state index contributed by atoms with van der Waals surface area (Å²) in [7, 11) is 0. The summed E-state index contributed by atoms with van der Waals surface area (Å²) < 4.78 is 5.65. The second kappa shape index (κ2) is 4.73. The van der Waals surface area contributed by atoms with Crippen LogP contribution >= 0.6 is 0 Å². The Balaban J connectivity index is 3.52. The number of nitrogens with two attached hydrogens (primary N) is 1. The molecule has 2 N–H and O–H groups in total. The topological polar surface area (TPSA) is 35.2 Å². The Morgan fingerprint density at radius 2 is 2.00 bits per heavy atom. The molecule has 0 radical (unpaired) electrons. The van der Waals surface area contributed by atoms with Gasteiger partial charge in [-0.15, -0.1) is 0 Å². The van der Waals surface area contributed by atoms with E-state index in [4.69, 9.17) is 10.5 Å². The third-order valence-electron chi connectivity index (χ3n) is 2.01. The van der Waals surface area contributed by atoms with Gasteiger partial charge in [-0.2, -0.15) is 0 Å². The van der Waals surface area contributed by atoms with E-state index >= 15 is 0 Å². The van der Waals surface area contributed by atoms with Crippen LogP contribution in [0.5, 0.6) is 0 Å². The molecule has 11 heavy (non-hydrogen) atoms. The summed E-state index contributed by atoms with van der Waals surface area (Å²) in [6, 6.07) is 0. The third kappa shape index (κ3) is 5.22. The normalized spacial score (nSPS) is 15.0. The van der Waals surface area contributed by atoms with Crippen molar-refractivity contribution >= 4 is 0 Å². The maximum absolute atomic E-state index is 5.65. The first-order chi connectivity index (χ1) is 5.02. The molecule has 0 bridgehead atoms. The van der Waals surface area contributed by atoms with E-state index in [0.717, 1.165) is 13.0 Å². The van der Waals surface area contributed by atoms with Gasteiger partial charge in [-0.25, -0.2) is 0 Å². The fraction of sp³-hybridized carbons (Fsp3) is 1.00. The van der Waals surface area contributed by atoms with Crippen molar-refractivity contribution in [1.29, 1.82) is 0 Å². The number of hydrogen-bond donors (Lipinski definition) is 1. The van der Waals surface area contributed by atoms with Crippen LogP contribution in [0, 0.1) is 5.92 Å². The minimum absolute atomic E-state index is 0.0173. The molecular formula is C9H21NO. The van der Waals surface area contributed by atoms with Gasteiger partial charge in [-0.05, 0) is 32.7 Å². The van der Waals surface area contributed by atoms with Crippen molar-refractivity contribution in [2.45, 2.75) is 39.7 Å². The van der Waals surface area contributed by atoms with Gasteiger partial charge in [0.05, 0.1) is 12.2 Å². The highest BCUT2D eigenvalue weighted by atomic mass is 16.5. The highest BCUT2D eigenvalue weighted by molar-refractivity contribution is 4.66. The molecule has 0 heterocycles. The highest BCUT2D eigenvalue weighted by Crippen LogP contribution is 2.14. The van der Waals surface area contributed by atoms with Crippen molar-refractivity contribution in [3.8, 4) is 0 Å². The molecule has 0 fully saturated rings. The first-order valence-corrected chi connectivity index (χ1v) is 4.36. The summed E-state index contributed by atoms with van der Waals surface area (Å²) in [5.74, 6) is 0.473. The molecule has 0 aliphatic rings. The first kappa shape index (κ1) is 10.9. The lowest BCUT2D eigenvalue weighted by atomic mass is 10.1. The molecule has 0 rings (SSSR count). The second-order valence-corrected chi connectivity index (χ2v) is 3.77. The largest absolute Gasteiger partial charge is 0.375 e. The summed E-state index contributed by atoms with van der Waals surface area (Å²) in [6.45, 7) is 9.93. The SMILES string of the molecule is CCC(C)(C)OCC(C)CN. The highest BCUT2D eigenvalue weighted by Gasteiger charge is 2.15. The minimum Gasteiger partial charge on any atom is -0.375 e. The van der Waals surface area contributed by atoms with Crippen LogP contribution in [-0.4, -0.2) is 18.8 Å². The molecule has 0 spiro atoms. The Bertz CT molecular complexity index is 102. The van der Waals surface area contributed by atoms with E-state index in [1.807, 2.05) is 0 Å². The lowest BCUT2D eigenvalue weighted by molar-refractivity contribution is -0.0338. The predicted octanol–water partition coefficient (Wildman–Crippen LogP) is 1.79. The Morgan fingerprint density at radius 1 is 1.45 bits per heavy atom. The van der Waals surface area contributed by atoms with Gasteiger partial charge >= 0.3 is 0 Å². The molecule has 0 aliphatic heterocycles.